The summed E-state index contributed by atoms with van der Waals surface area (Å²) in [5, 5.41) is 9.48. The molecule has 0 bridgehead atoms. The summed E-state index contributed by atoms with van der Waals surface area (Å²) in [6.07, 6.45) is 0. The molecule has 0 atom stereocenters. The molecular weight excluding hydrogens is 334 g/mol. The Morgan fingerprint density at radius 3 is 2.33 bits per heavy atom. The SMILES string of the molecule is COc1cc(NC(=O)Nc2cc(C(C)(C)C)on2)c(OC)cc1Cl. The van der Waals surface area contributed by atoms with Crippen LogP contribution in [0, 0.1) is 0 Å². The molecule has 0 aliphatic rings. The molecule has 2 rings (SSSR count). The Hall–Kier alpha value is -2.41. The van der Waals surface area contributed by atoms with Gasteiger partial charge in [0.05, 0.1) is 24.9 Å². The lowest BCUT2D eigenvalue weighted by atomic mass is 9.93. The molecule has 2 amide bonds. The highest BCUT2D eigenvalue weighted by molar-refractivity contribution is 6.32. The second-order valence-electron chi connectivity index (χ2n) is 6.09. The number of carbonyl (C=O) groups is 1. The molecule has 0 saturated carbocycles. The molecule has 0 radical (unpaired) electrons. The zero-order valence-electron chi connectivity index (χ0n) is 14.2. The maximum atomic E-state index is 12.2. The average molecular weight is 354 g/mol. The van der Waals surface area contributed by atoms with Gasteiger partial charge in [-0.3, -0.25) is 5.32 Å². The second-order valence-corrected chi connectivity index (χ2v) is 6.50. The first-order valence-electron chi connectivity index (χ1n) is 7.21. The fourth-order valence-corrected chi connectivity index (χ4v) is 2.15. The number of hydrogen-bond acceptors (Lipinski definition) is 5. The Balaban J connectivity index is 2.13. The van der Waals surface area contributed by atoms with E-state index in [2.05, 4.69) is 15.8 Å². The first-order valence-corrected chi connectivity index (χ1v) is 7.59. The number of ether oxygens (including phenoxy) is 2. The largest absolute Gasteiger partial charge is 0.495 e. The molecule has 2 aromatic rings. The van der Waals surface area contributed by atoms with Crippen molar-refractivity contribution in [3.8, 4) is 11.5 Å². The number of aromatic nitrogens is 1. The van der Waals surface area contributed by atoms with E-state index in [1.54, 1.807) is 18.2 Å². The molecule has 1 heterocycles. The number of benzene rings is 1. The Morgan fingerprint density at radius 1 is 1.12 bits per heavy atom. The van der Waals surface area contributed by atoms with Gasteiger partial charge in [0.1, 0.15) is 17.3 Å². The Labute approximate surface area is 145 Å². The molecule has 24 heavy (non-hydrogen) atoms. The number of carbonyl (C=O) groups excluding carboxylic acids is 1. The van der Waals surface area contributed by atoms with Gasteiger partial charge in [-0.1, -0.05) is 37.5 Å². The zero-order chi connectivity index (χ0) is 17.9. The predicted molar refractivity (Wildman–Crippen MR) is 92.4 cm³/mol. The van der Waals surface area contributed by atoms with Gasteiger partial charge in [0.15, 0.2) is 5.82 Å². The van der Waals surface area contributed by atoms with Crippen molar-refractivity contribution >= 4 is 29.1 Å². The summed E-state index contributed by atoms with van der Waals surface area (Å²) < 4.78 is 15.6. The van der Waals surface area contributed by atoms with Gasteiger partial charge < -0.3 is 19.3 Å². The number of hydrogen-bond donors (Lipinski definition) is 2. The summed E-state index contributed by atoms with van der Waals surface area (Å²) in [7, 11) is 2.97. The number of methoxy groups -OCH3 is 2. The second kappa shape index (κ2) is 7.00. The average Bonchev–Trinajstić information content (AvgIpc) is 2.97. The zero-order valence-corrected chi connectivity index (χ0v) is 14.9. The highest BCUT2D eigenvalue weighted by Gasteiger charge is 2.20. The lowest BCUT2D eigenvalue weighted by Gasteiger charge is -2.13. The van der Waals surface area contributed by atoms with Crippen molar-refractivity contribution in [2.24, 2.45) is 0 Å². The van der Waals surface area contributed by atoms with Crippen molar-refractivity contribution < 1.29 is 18.8 Å². The number of rotatable bonds is 4. The third-order valence-corrected chi connectivity index (χ3v) is 3.51. The van der Waals surface area contributed by atoms with Gasteiger partial charge in [0, 0.05) is 23.6 Å². The summed E-state index contributed by atoms with van der Waals surface area (Å²) in [6, 6.07) is 4.32. The summed E-state index contributed by atoms with van der Waals surface area (Å²) in [6.45, 7) is 5.96. The predicted octanol–water partition coefficient (Wildman–Crippen LogP) is 4.29. The number of urea groups is 1. The molecule has 0 saturated heterocycles. The smallest absolute Gasteiger partial charge is 0.325 e. The maximum absolute atomic E-state index is 12.2. The van der Waals surface area contributed by atoms with Crippen LogP contribution >= 0.6 is 11.6 Å². The van der Waals surface area contributed by atoms with E-state index in [1.165, 1.54) is 14.2 Å². The van der Waals surface area contributed by atoms with Gasteiger partial charge in [-0.2, -0.15) is 0 Å². The van der Waals surface area contributed by atoms with E-state index in [0.717, 1.165) is 0 Å². The van der Waals surface area contributed by atoms with Crippen LogP contribution in [-0.2, 0) is 5.41 Å². The Bertz CT molecular complexity index is 737. The maximum Gasteiger partial charge on any atom is 0.325 e. The van der Waals surface area contributed by atoms with Crippen molar-refractivity contribution in [3.63, 3.8) is 0 Å². The van der Waals surface area contributed by atoms with Crippen molar-refractivity contribution in [3.05, 3.63) is 29.0 Å². The lowest BCUT2D eigenvalue weighted by Crippen LogP contribution is -2.20. The van der Waals surface area contributed by atoms with Crippen molar-refractivity contribution in [2.75, 3.05) is 24.9 Å². The standard InChI is InChI=1S/C16H20ClN3O4/c1-16(2,3)13-8-14(20-24-13)19-15(21)18-10-7-11(22-4)9(17)6-12(10)23-5/h6-8H,1-5H3,(H2,18,19,20,21). The van der Waals surface area contributed by atoms with Crippen molar-refractivity contribution in [1.29, 1.82) is 0 Å². The molecular formula is C16H20ClN3O4. The monoisotopic (exact) mass is 353 g/mol. The normalized spacial score (nSPS) is 11.1. The molecule has 0 spiro atoms. The highest BCUT2D eigenvalue weighted by atomic mass is 35.5. The number of anilines is 2. The number of nitrogens with one attached hydrogen (secondary N) is 2. The third-order valence-electron chi connectivity index (χ3n) is 3.21. The molecule has 0 aliphatic heterocycles. The summed E-state index contributed by atoms with van der Waals surface area (Å²) in [4.78, 5) is 12.2. The number of halogens is 1. The van der Waals surface area contributed by atoms with E-state index in [0.29, 0.717) is 33.8 Å². The molecule has 0 aliphatic carbocycles. The fraction of sp³-hybridized carbons (Fsp3) is 0.375. The fourth-order valence-electron chi connectivity index (χ4n) is 1.92. The first kappa shape index (κ1) is 17.9. The van der Waals surface area contributed by atoms with Crippen LogP contribution in [0.5, 0.6) is 11.5 Å². The van der Waals surface area contributed by atoms with Crippen LogP contribution in [0.1, 0.15) is 26.5 Å². The molecule has 8 heteroatoms. The molecule has 0 fully saturated rings. The van der Waals surface area contributed by atoms with Gasteiger partial charge in [-0.15, -0.1) is 0 Å². The van der Waals surface area contributed by atoms with Crippen LogP contribution < -0.4 is 20.1 Å². The quantitative estimate of drug-likeness (QED) is 0.856. The molecule has 1 aromatic carbocycles. The molecule has 1 aromatic heterocycles. The summed E-state index contributed by atoms with van der Waals surface area (Å²) in [5.41, 5.74) is 0.215. The summed E-state index contributed by atoms with van der Waals surface area (Å²) in [5.74, 6) is 1.82. The van der Waals surface area contributed by atoms with Crippen molar-refractivity contribution in [1.82, 2.24) is 5.16 Å². The molecule has 0 unspecified atom stereocenters. The third kappa shape index (κ3) is 4.11. The van der Waals surface area contributed by atoms with E-state index >= 15 is 0 Å². The minimum atomic E-state index is -0.494. The van der Waals surface area contributed by atoms with E-state index in [4.69, 9.17) is 25.6 Å². The van der Waals surface area contributed by atoms with E-state index in [9.17, 15) is 4.79 Å². The minimum Gasteiger partial charge on any atom is -0.495 e. The lowest BCUT2D eigenvalue weighted by molar-refractivity contribution is 0.261. The topological polar surface area (TPSA) is 85.6 Å². The van der Waals surface area contributed by atoms with E-state index < -0.39 is 6.03 Å². The summed E-state index contributed by atoms with van der Waals surface area (Å²) >= 11 is 6.04. The molecule has 7 nitrogen and oxygen atoms in total. The Morgan fingerprint density at radius 2 is 1.79 bits per heavy atom. The van der Waals surface area contributed by atoms with Crippen LogP contribution in [-0.4, -0.2) is 25.4 Å². The minimum absolute atomic E-state index is 0.198. The van der Waals surface area contributed by atoms with E-state index in [1.807, 2.05) is 20.8 Å². The van der Waals surface area contributed by atoms with Crippen LogP contribution in [0.15, 0.2) is 22.7 Å². The van der Waals surface area contributed by atoms with Crippen LogP contribution in [0.2, 0.25) is 5.02 Å². The molecule has 130 valence electrons. The molecule has 2 N–H and O–H groups in total. The number of amides is 2. The van der Waals surface area contributed by atoms with Gasteiger partial charge in [-0.25, -0.2) is 4.79 Å². The van der Waals surface area contributed by atoms with Crippen LogP contribution in [0.3, 0.4) is 0 Å². The van der Waals surface area contributed by atoms with Gasteiger partial charge in [0.25, 0.3) is 0 Å². The van der Waals surface area contributed by atoms with Gasteiger partial charge in [-0.05, 0) is 0 Å². The van der Waals surface area contributed by atoms with Gasteiger partial charge >= 0.3 is 6.03 Å². The van der Waals surface area contributed by atoms with E-state index in [-0.39, 0.29) is 5.41 Å². The van der Waals surface area contributed by atoms with Crippen LogP contribution in [0.25, 0.3) is 0 Å². The highest BCUT2D eigenvalue weighted by Crippen LogP contribution is 2.36. The van der Waals surface area contributed by atoms with Gasteiger partial charge in [0.2, 0.25) is 0 Å². The Kier molecular flexibility index (Phi) is 5.23. The van der Waals surface area contributed by atoms with Crippen molar-refractivity contribution in [2.45, 2.75) is 26.2 Å². The number of nitrogens with zero attached hydrogens (tertiary/aromatic N) is 1. The first-order chi connectivity index (χ1) is 11.2. The van der Waals surface area contributed by atoms with Crippen LogP contribution in [0.4, 0.5) is 16.3 Å².